The van der Waals surface area contributed by atoms with E-state index in [4.69, 9.17) is 16.2 Å². The van der Waals surface area contributed by atoms with Gasteiger partial charge in [0.05, 0.1) is 12.2 Å². The minimum Gasteiger partial charge on any atom is -0.463 e. The highest BCUT2D eigenvalue weighted by molar-refractivity contribution is 5.69. The SMILES string of the molecule is CC(C)OC(=O)CC[C@@H](C)[C@H]1CCC2C3C(CC[C@@]21C)[C@@]1(C)CC[C@H](NCCCN(CCCN)CCCN)CC1C[C@@H]3O. The van der Waals surface area contributed by atoms with Gasteiger partial charge in [0, 0.05) is 12.5 Å². The third-order valence-electron chi connectivity index (χ3n) is 13.1. The topological polar surface area (TPSA) is 114 Å². The number of nitrogens with one attached hydrogen (secondary N) is 1. The Balaban J connectivity index is 1.30. The Morgan fingerprint density at radius 3 is 2.26 bits per heavy atom. The molecule has 0 saturated heterocycles. The molecule has 250 valence electrons. The second-order valence-corrected chi connectivity index (χ2v) is 16.0. The Morgan fingerprint density at radius 2 is 1.58 bits per heavy atom. The van der Waals surface area contributed by atoms with Gasteiger partial charge in [-0.15, -0.1) is 0 Å². The van der Waals surface area contributed by atoms with Gasteiger partial charge in [-0.05, 0) is 177 Å². The van der Waals surface area contributed by atoms with E-state index in [1.807, 2.05) is 13.8 Å². The standard InChI is InChI=1S/C36H68N4O3/c1-25(2)43-33(42)12-9-26(3)29-10-11-30-34-31(14-16-36(29,30)5)35(4)15-13-28(23-27(35)24-32(34)41)39-19-8-22-40(20-6-17-37)21-7-18-38/h25-32,34,39,41H,6-24,37-38H2,1-5H3/t26-,27?,28+,29-,30?,31?,32+,34?,35+,36-/m1/s1. The summed E-state index contributed by atoms with van der Waals surface area (Å²) in [6, 6.07) is 0.580. The Kier molecular flexibility index (Phi) is 12.8. The molecule has 43 heavy (non-hydrogen) atoms. The maximum atomic E-state index is 12.3. The van der Waals surface area contributed by atoms with Crippen LogP contribution in [0.3, 0.4) is 0 Å². The number of nitrogens with zero attached hydrogens (tertiary/aromatic N) is 1. The van der Waals surface area contributed by atoms with Crippen LogP contribution in [0.15, 0.2) is 0 Å². The molecule has 10 atom stereocenters. The van der Waals surface area contributed by atoms with Gasteiger partial charge in [-0.25, -0.2) is 0 Å². The predicted molar refractivity (Wildman–Crippen MR) is 176 cm³/mol. The molecule has 0 aromatic carbocycles. The average molecular weight is 605 g/mol. The number of fused-ring (bicyclic) bond motifs is 5. The van der Waals surface area contributed by atoms with E-state index < -0.39 is 0 Å². The summed E-state index contributed by atoms with van der Waals surface area (Å²) in [5.74, 6) is 3.44. The Morgan fingerprint density at radius 1 is 0.930 bits per heavy atom. The maximum Gasteiger partial charge on any atom is 0.306 e. The molecule has 4 aliphatic carbocycles. The summed E-state index contributed by atoms with van der Waals surface area (Å²) < 4.78 is 5.42. The monoisotopic (exact) mass is 605 g/mol. The van der Waals surface area contributed by atoms with E-state index in [2.05, 4.69) is 31.0 Å². The average Bonchev–Trinajstić information content (AvgIpc) is 3.32. The largest absolute Gasteiger partial charge is 0.463 e. The molecule has 4 fully saturated rings. The summed E-state index contributed by atoms with van der Waals surface area (Å²) >= 11 is 0. The fraction of sp³-hybridized carbons (Fsp3) is 0.972. The number of rotatable bonds is 16. The first-order valence-electron chi connectivity index (χ1n) is 18.3. The molecule has 0 amide bonds. The minimum absolute atomic E-state index is 0.0376. The van der Waals surface area contributed by atoms with Crippen molar-refractivity contribution in [1.82, 2.24) is 10.2 Å². The minimum atomic E-state index is -0.167. The second-order valence-electron chi connectivity index (χ2n) is 16.0. The molecule has 0 aromatic rings. The highest BCUT2D eigenvalue weighted by Gasteiger charge is 2.62. The van der Waals surface area contributed by atoms with E-state index >= 15 is 0 Å². The van der Waals surface area contributed by atoms with Crippen LogP contribution >= 0.6 is 0 Å². The maximum absolute atomic E-state index is 12.3. The molecule has 7 nitrogen and oxygen atoms in total. The number of esters is 1. The van der Waals surface area contributed by atoms with Gasteiger partial charge < -0.3 is 31.5 Å². The highest BCUT2D eigenvalue weighted by atomic mass is 16.5. The summed E-state index contributed by atoms with van der Waals surface area (Å²) in [6.07, 6.45) is 14.3. The van der Waals surface area contributed by atoms with E-state index in [1.165, 1.54) is 51.4 Å². The number of aliphatic hydroxyl groups excluding tert-OH is 1. The third-order valence-corrected chi connectivity index (χ3v) is 13.1. The fourth-order valence-electron chi connectivity index (χ4n) is 10.8. The number of carbonyl (C=O) groups is 1. The Labute approximate surface area is 264 Å². The second kappa shape index (κ2) is 15.7. The van der Waals surface area contributed by atoms with E-state index in [-0.39, 0.29) is 23.6 Å². The highest BCUT2D eigenvalue weighted by Crippen LogP contribution is 2.68. The molecule has 0 heterocycles. The quantitative estimate of drug-likeness (QED) is 0.139. The Hall–Kier alpha value is -0.730. The summed E-state index contributed by atoms with van der Waals surface area (Å²) in [5.41, 5.74) is 12.2. The van der Waals surface area contributed by atoms with Gasteiger partial charge in [-0.2, -0.15) is 0 Å². The van der Waals surface area contributed by atoms with Gasteiger partial charge in [0.1, 0.15) is 0 Å². The normalized spacial score (nSPS) is 38.0. The first-order chi connectivity index (χ1) is 20.5. The van der Waals surface area contributed by atoms with Crippen LogP contribution in [-0.4, -0.2) is 73.5 Å². The van der Waals surface area contributed by atoms with Crippen LogP contribution in [0.5, 0.6) is 0 Å². The van der Waals surface area contributed by atoms with Gasteiger partial charge in [0.15, 0.2) is 0 Å². The van der Waals surface area contributed by atoms with Gasteiger partial charge in [0.25, 0.3) is 0 Å². The third kappa shape index (κ3) is 8.17. The van der Waals surface area contributed by atoms with Crippen molar-refractivity contribution in [3.63, 3.8) is 0 Å². The van der Waals surface area contributed by atoms with Crippen molar-refractivity contribution < 1.29 is 14.6 Å². The number of carbonyl (C=O) groups excluding carboxylic acids is 1. The zero-order chi connectivity index (χ0) is 31.2. The van der Waals surface area contributed by atoms with Crippen LogP contribution in [0.25, 0.3) is 0 Å². The molecule has 4 saturated carbocycles. The summed E-state index contributed by atoms with van der Waals surface area (Å²) in [7, 11) is 0. The van der Waals surface area contributed by atoms with Crippen molar-refractivity contribution in [3.8, 4) is 0 Å². The molecule has 4 aliphatic rings. The summed E-state index contributed by atoms with van der Waals surface area (Å²) in [4.78, 5) is 14.8. The van der Waals surface area contributed by atoms with Crippen molar-refractivity contribution in [2.24, 2.45) is 57.8 Å². The van der Waals surface area contributed by atoms with Gasteiger partial charge in [0.2, 0.25) is 0 Å². The number of hydrogen-bond acceptors (Lipinski definition) is 7. The van der Waals surface area contributed by atoms with E-state index in [0.29, 0.717) is 53.4 Å². The van der Waals surface area contributed by atoms with Crippen molar-refractivity contribution >= 4 is 5.97 Å². The first kappa shape index (κ1) is 35.1. The fourth-order valence-corrected chi connectivity index (χ4v) is 10.8. The predicted octanol–water partition coefficient (Wildman–Crippen LogP) is 5.33. The number of aliphatic hydroxyl groups is 1. The van der Waals surface area contributed by atoms with Crippen LogP contribution in [0.1, 0.15) is 118 Å². The van der Waals surface area contributed by atoms with Crippen molar-refractivity contribution in [2.45, 2.75) is 136 Å². The smallest absolute Gasteiger partial charge is 0.306 e. The van der Waals surface area contributed by atoms with Crippen molar-refractivity contribution in [3.05, 3.63) is 0 Å². The number of hydrogen-bond donors (Lipinski definition) is 4. The molecule has 0 radical (unpaired) electrons. The van der Waals surface area contributed by atoms with Crippen LogP contribution in [0.2, 0.25) is 0 Å². The molecule has 7 heteroatoms. The van der Waals surface area contributed by atoms with Crippen LogP contribution in [0.4, 0.5) is 0 Å². The zero-order valence-corrected chi connectivity index (χ0v) is 28.5. The lowest BCUT2D eigenvalue weighted by Gasteiger charge is -2.62. The lowest BCUT2D eigenvalue weighted by molar-refractivity contribution is -0.167. The number of nitrogens with two attached hydrogens (primary N) is 2. The molecule has 4 rings (SSSR count). The van der Waals surface area contributed by atoms with Crippen molar-refractivity contribution in [1.29, 1.82) is 0 Å². The molecule has 0 spiro atoms. The van der Waals surface area contributed by atoms with Crippen molar-refractivity contribution in [2.75, 3.05) is 39.3 Å². The lowest BCUT2D eigenvalue weighted by atomic mass is 9.43. The molecular formula is C36H68N4O3. The first-order valence-corrected chi connectivity index (χ1v) is 18.3. The van der Waals surface area contributed by atoms with Crippen LogP contribution < -0.4 is 16.8 Å². The van der Waals surface area contributed by atoms with Gasteiger partial charge >= 0.3 is 5.97 Å². The van der Waals surface area contributed by atoms with E-state index in [9.17, 15) is 9.90 Å². The van der Waals surface area contributed by atoms with Crippen LogP contribution in [-0.2, 0) is 9.53 Å². The van der Waals surface area contributed by atoms with Gasteiger partial charge in [-0.3, -0.25) is 4.79 Å². The molecule has 0 aromatic heterocycles. The molecular weight excluding hydrogens is 536 g/mol. The molecule has 0 bridgehead atoms. The van der Waals surface area contributed by atoms with E-state index in [1.54, 1.807) is 0 Å². The molecule has 0 aliphatic heterocycles. The molecule has 6 N–H and O–H groups in total. The van der Waals surface area contributed by atoms with E-state index in [0.717, 1.165) is 65.0 Å². The van der Waals surface area contributed by atoms with Gasteiger partial charge in [-0.1, -0.05) is 20.8 Å². The Bertz CT molecular complexity index is 863. The molecule has 4 unspecified atom stereocenters. The number of ether oxygens (including phenoxy) is 1. The zero-order valence-electron chi connectivity index (χ0n) is 28.5. The summed E-state index contributed by atoms with van der Waals surface area (Å²) in [6.45, 7) is 17.2. The lowest BCUT2D eigenvalue weighted by Crippen LogP contribution is -2.59. The summed E-state index contributed by atoms with van der Waals surface area (Å²) in [5, 5.41) is 15.7. The van der Waals surface area contributed by atoms with Crippen LogP contribution in [0, 0.1) is 46.3 Å².